The second kappa shape index (κ2) is 52.9. The van der Waals surface area contributed by atoms with Gasteiger partial charge in [0.25, 0.3) is 0 Å². The highest BCUT2D eigenvalue weighted by molar-refractivity contribution is 5.77. The van der Waals surface area contributed by atoms with Crippen LogP contribution in [0, 0.1) is 0 Å². The monoisotopic (exact) mass is 933 g/mol. The Morgan fingerprint density at radius 3 is 0.652 bits per heavy atom. The lowest BCUT2D eigenvalue weighted by atomic mass is 10.1. The number of rotatable bonds is 53. The zero-order valence-electron chi connectivity index (χ0n) is 42.5. The fraction of sp³-hybridized carbons (Fsp3) is 0.889. The molecule has 386 valence electrons. The molecule has 0 aromatic heterocycles. The van der Waals surface area contributed by atoms with Crippen LogP contribution in [0.1, 0.15) is 270 Å². The number of carbonyl (C=O) groups is 6. The van der Waals surface area contributed by atoms with Crippen LogP contribution < -0.4 is 32.3 Å². The summed E-state index contributed by atoms with van der Waals surface area (Å²) >= 11 is 0. The van der Waals surface area contributed by atoms with Crippen LogP contribution >= 0.6 is 0 Å². The number of aldehydes is 1. The first-order chi connectivity index (χ1) is 32.4. The number of hydrogen-bond donors (Lipinski definition) is 6. The first-order valence-electron chi connectivity index (χ1n) is 27.9. The topological polar surface area (TPSA) is 189 Å². The van der Waals surface area contributed by atoms with E-state index in [-0.39, 0.29) is 29.5 Å². The van der Waals surface area contributed by atoms with E-state index in [2.05, 4.69) is 26.6 Å². The number of hydrogen-bond acceptors (Lipinski definition) is 7. The predicted molar refractivity (Wildman–Crippen MR) is 274 cm³/mol. The molecule has 0 aliphatic heterocycles. The normalized spacial score (nSPS) is 11.0. The first kappa shape index (κ1) is 63.0. The molecule has 5 amide bonds. The van der Waals surface area contributed by atoms with E-state index in [1.807, 2.05) is 0 Å². The fourth-order valence-electron chi connectivity index (χ4n) is 8.25. The molecule has 0 rings (SSSR count). The molecule has 0 heterocycles. The van der Waals surface area contributed by atoms with Crippen LogP contribution in [-0.4, -0.2) is 75.1 Å². The van der Waals surface area contributed by atoms with Crippen LogP contribution in [0.3, 0.4) is 0 Å². The third kappa shape index (κ3) is 52.0. The van der Waals surface area contributed by atoms with Crippen molar-refractivity contribution in [3.8, 4) is 0 Å². The standard InChI is InChI=1S/C54H104N6O6/c55-43-31-19-20-32-44-56-50(62)38-27-15-9-3-4-10-16-28-40-52(64)59-47-35-23-24-36-48-60-54(66)42-30-18-12-6-5-11-17-29-41-53(65)58-46-34-22-21-33-45-57-51(63)39-26-14-8-2-1-7-13-25-37-49-61/h49H,1-48,55H2,(H,56,62)(H,57,63)(H,58,65)(H,59,64)(H,60,66). The Morgan fingerprint density at radius 1 is 0.258 bits per heavy atom. The summed E-state index contributed by atoms with van der Waals surface area (Å²) in [5.41, 5.74) is 5.50. The van der Waals surface area contributed by atoms with Gasteiger partial charge in [0.2, 0.25) is 29.5 Å². The van der Waals surface area contributed by atoms with Gasteiger partial charge in [-0.15, -0.1) is 0 Å². The first-order valence-corrected chi connectivity index (χ1v) is 27.9. The molecule has 0 atom stereocenters. The van der Waals surface area contributed by atoms with Crippen LogP contribution in [0.4, 0.5) is 0 Å². The Hall–Kier alpha value is -3.02. The molecule has 0 aliphatic rings. The lowest BCUT2D eigenvalue weighted by molar-refractivity contribution is -0.122. The summed E-state index contributed by atoms with van der Waals surface area (Å²) in [6.07, 6.45) is 44.0. The lowest BCUT2D eigenvalue weighted by Gasteiger charge is -2.07. The van der Waals surface area contributed by atoms with Crippen molar-refractivity contribution in [2.24, 2.45) is 5.73 Å². The Labute approximate surface area is 404 Å². The molecule has 12 heteroatoms. The number of amides is 5. The Morgan fingerprint density at radius 2 is 0.439 bits per heavy atom. The second-order valence-electron chi connectivity index (χ2n) is 19.0. The highest BCUT2D eigenvalue weighted by Gasteiger charge is 2.06. The molecule has 0 radical (unpaired) electrons. The van der Waals surface area contributed by atoms with Gasteiger partial charge >= 0.3 is 0 Å². The minimum absolute atomic E-state index is 0.155. The number of nitrogens with two attached hydrogens (primary N) is 1. The van der Waals surface area contributed by atoms with E-state index in [0.717, 1.165) is 212 Å². The minimum atomic E-state index is 0.155. The van der Waals surface area contributed by atoms with Gasteiger partial charge in [0.15, 0.2) is 0 Å². The zero-order valence-corrected chi connectivity index (χ0v) is 42.5. The third-order valence-corrected chi connectivity index (χ3v) is 12.5. The van der Waals surface area contributed by atoms with Crippen LogP contribution in [0.15, 0.2) is 0 Å². The van der Waals surface area contributed by atoms with Gasteiger partial charge in [-0.2, -0.15) is 0 Å². The molecule has 0 saturated heterocycles. The van der Waals surface area contributed by atoms with Gasteiger partial charge in [-0.1, -0.05) is 154 Å². The van der Waals surface area contributed by atoms with Crippen molar-refractivity contribution in [3.63, 3.8) is 0 Å². The van der Waals surface area contributed by atoms with Crippen LogP contribution in [0.5, 0.6) is 0 Å². The lowest BCUT2D eigenvalue weighted by Crippen LogP contribution is -2.24. The SMILES string of the molecule is NCCCCCCNC(=O)CCCCCCCCCCC(=O)NCCCCCCNC(=O)CCCCCCCCCCC(=O)NCCCCCCNC(=O)CCCCCCCCCCC=O. The van der Waals surface area contributed by atoms with E-state index in [4.69, 9.17) is 5.73 Å². The molecule has 66 heavy (non-hydrogen) atoms. The Kier molecular flexibility index (Phi) is 50.5. The van der Waals surface area contributed by atoms with Crippen molar-refractivity contribution < 1.29 is 28.8 Å². The molecule has 7 N–H and O–H groups in total. The van der Waals surface area contributed by atoms with E-state index < -0.39 is 0 Å². The van der Waals surface area contributed by atoms with Crippen LogP contribution in [0.2, 0.25) is 0 Å². The predicted octanol–water partition coefficient (Wildman–Crippen LogP) is 11.1. The molecule has 0 fully saturated rings. The highest BCUT2D eigenvalue weighted by atomic mass is 16.2. The maximum Gasteiger partial charge on any atom is 0.219 e. The summed E-state index contributed by atoms with van der Waals surface area (Å²) in [5.74, 6) is 0.816. The summed E-state index contributed by atoms with van der Waals surface area (Å²) < 4.78 is 0. The Balaban J connectivity index is 3.35. The van der Waals surface area contributed by atoms with E-state index in [1.54, 1.807) is 0 Å². The quantitative estimate of drug-likeness (QED) is 0.0258. The van der Waals surface area contributed by atoms with Gasteiger partial charge in [0, 0.05) is 71.2 Å². The van der Waals surface area contributed by atoms with Crippen molar-refractivity contribution in [1.29, 1.82) is 0 Å². The number of unbranched alkanes of at least 4 members (excludes halogenated alkanes) is 31. The molecule has 0 spiro atoms. The third-order valence-electron chi connectivity index (χ3n) is 12.5. The highest BCUT2D eigenvalue weighted by Crippen LogP contribution is 2.13. The zero-order chi connectivity index (χ0) is 48.1. The molecule has 0 aliphatic carbocycles. The van der Waals surface area contributed by atoms with Crippen molar-refractivity contribution in [2.45, 2.75) is 270 Å². The van der Waals surface area contributed by atoms with Crippen LogP contribution in [-0.2, 0) is 28.8 Å². The van der Waals surface area contributed by atoms with E-state index in [9.17, 15) is 28.8 Å². The van der Waals surface area contributed by atoms with Crippen molar-refractivity contribution in [3.05, 3.63) is 0 Å². The number of nitrogens with one attached hydrogen (secondary N) is 5. The van der Waals surface area contributed by atoms with Gasteiger partial charge in [-0.3, -0.25) is 24.0 Å². The van der Waals surface area contributed by atoms with Crippen molar-refractivity contribution >= 4 is 35.8 Å². The van der Waals surface area contributed by atoms with Gasteiger partial charge < -0.3 is 37.1 Å². The van der Waals surface area contributed by atoms with Gasteiger partial charge in [-0.05, 0) is 83.6 Å². The van der Waals surface area contributed by atoms with Crippen molar-refractivity contribution in [2.75, 3.05) is 39.3 Å². The maximum atomic E-state index is 12.2. The van der Waals surface area contributed by atoms with Crippen LogP contribution in [0.25, 0.3) is 0 Å². The summed E-state index contributed by atoms with van der Waals surface area (Å²) in [5, 5.41) is 15.2. The average Bonchev–Trinajstić information content (AvgIpc) is 3.31. The minimum Gasteiger partial charge on any atom is -0.356 e. The van der Waals surface area contributed by atoms with Gasteiger partial charge in [-0.25, -0.2) is 0 Å². The summed E-state index contributed by atoms with van der Waals surface area (Å²) in [6, 6.07) is 0. The average molecular weight is 933 g/mol. The molecule has 0 unspecified atom stereocenters. The molecular weight excluding hydrogens is 829 g/mol. The maximum absolute atomic E-state index is 12.2. The van der Waals surface area contributed by atoms with Crippen molar-refractivity contribution in [1.82, 2.24) is 26.6 Å². The Bertz CT molecular complexity index is 1140. The van der Waals surface area contributed by atoms with Gasteiger partial charge in [0.1, 0.15) is 6.29 Å². The number of carbonyl (C=O) groups excluding carboxylic acids is 6. The smallest absolute Gasteiger partial charge is 0.219 e. The molecule has 0 saturated carbocycles. The molecule has 0 bridgehead atoms. The molecule has 12 nitrogen and oxygen atoms in total. The van der Waals surface area contributed by atoms with E-state index in [1.165, 1.54) is 64.2 Å². The summed E-state index contributed by atoms with van der Waals surface area (Å²) in [4.78, 5) is 70.8. The molecule has 0 aromatic rings. The summed E-state index contributed by atoms with van der Waals surface area (Å²) in [6.45, 7) is 4.47. The second-order valence-corrected chi connectivity index (χ2v) is 19.0. The largest absolute Gasteiger partial charge is 0.356 e. The van der Waals surface area contributed by atoms with Gasteiger partial charge in [0.05, 0.1) is 0 Å². The molecule has 0 aromatic carbocycles. The fourth-order valence-corrected chi connectivity index (χ4v) is 8.25. The van der Waals surface area contributed by atoms with E-state index >= 15 is 0 Å². The van der Waals surface area contributed by atoms with E-state index in [0.29, 0.717) is 38.5 Å². The molecular formula is C54H104N6O6. The summed E-state index contributed by atoms with van der Waals surface area (Å²) in [7, 11) is 0.